The first kappa shape index (κ1) is 14.4. The Morgan fingerprint density at radius 3 is 3.00 bits per heavy atom. The van der Waals surface area contributed by atoms with Gasteiger partial charge in [-0.2, -0.15) is 0 Å². The molecule has 0 spiro atoms. The van der Waals surface area contributed by atoms with Gasteiger partial charge in [0.15, 0.2) is 0 Å². The van der Waals surface area contributed by atoms with Gasteiger partial charge in [0.1, 0.15) is 10.0 Å². The summed E-state index contributed by atoms with van der Waals surface area (Å²) in [6.45, 7) is 1.02. The van der Waals surface area contributed by atoms with Crippen LogP contribution >= 0.6 is 49.9 Å². The molecule has 96 valence electrons. The Balaban J connectivity index is 2.16. The first-order valence-electron chi connectivity index (χ1n) is 5.63. The van der Waals surface area contributed by atoms with Crippen molar-refractivity contribution < 1.29 is 0 Å². The number of nitrogens with one attached hydrogen (secondary N) is 1. The van der Waals surface area contributed by atoms with Gasteiger partial charge in [0.25, 0.3) is 0 Å². The average molecular weight is 438 g/mol. The second-order valence-electron chi connectivity index (χ2n) is 3.83. The number of hydrogen-bond donors (Lipinski definition) is 1. The second-order valence-corrected chi connectivity index (χ2v) is 6.99. The lowest BCUT2D eigenvalue weighted by Crippen LogP contribution is -2.08. The van der Waals surface area contributed by atoms with Gasteiger partial charge in [-0.05, 0) is 60.8 Å². The lowest BCUT2D eigenvalue weighted by Gasteiger charge is -2.00. The third-order valence-corrected chi connectivity index (χ3v) is 4.82. The van der Waals surface area contributed by atoms with Crippen LogP contribution in [0, 0.1) is 3.57 Å². The van der Waals surface area contributed by atoms with E-state index in [1.807, 2.05) is 7.05 Å². The summed E-state index contributed by atoms with van der Waals surface area (Å²) in [5.41, 5.74) is 1.12. The van der Waals surface area contributed by atoms with Crippen molar-refractivity contribution in [2.75, 3.05) is 13.6 Å². The van der Waals surface area contributed by atoms with Crippen LogP contribution in [0.25, 0.3) is 10.6 Å². The smallest absolute Gasteiger partial charge is 0.148 e. The molecule has 6 heteroatoms. The number of rotatable bonds is 5. The Hall–Kier alpha value is -0.0500. The highest BCUT2D eigenvalue weighted by Crippen LogP contribution is 2.32. The second kappa shape index (κ2) is 6.93. The molecule has 0 saturated carbocycles. The quantitative estimate of drug-likeness (QED) is 0.572. The van der Waals surface area contributed by atoms with Gasteiger partial charge >= 0.3 is 0 Å². The zero-order valence-corrected chi connectivity index (χ0v) is 14.5. The number of halogens is 2. The number of nitrogens with zero attached hydrogens (tertiary/aromatic N) is 2. The highest BCUT2D eigenvalue weighted by molar-refractivity contribution is 14.1. The van der Waals surface area contributed by atoms with Gasteiger partial charge < -0.3 is 5.32 Å². The summed E-state index contributed by atoms with van der Waals surface area (Å²) in [6, 6.07) is 6.25. The molecule has 0 aliphatic heterocycles. The molecule has 0 aliphatic rings. The Kier molecular flexibility index (Phi) is 5.53. The van der Waals surface area contributed by atoms with Crippen LogP contribution in [0.5, 0.6) is 0 Å². The maximum Gasteiger partial charge on any atom is 0.148 e. The van der Waals surface area contributed by atoms with E-state index in [0.29, 0.717) is 0 Å². The van der Waals surface area contributed by atoms with Crippen LogP contribution < -0.4 is 5.32 Å². The first-order chi connectivity index (χ1) is 8.70. The summed E-state index contributed by atoms with van der Waals surface area (Å²) >= 11 is 7.55. The monoisotopic (exact) mass is 437 g/mol. The highest BCUT2D eigenvalue weighted by Gasteiger charge is 2.10. The van der Waals surface area contributed by atoms with Crippen molar-refractivity contribution in [1.82, 2.24) is 15.5 Å². The third-order valence-electron chi connectivity index (χ3n) is 2.44. The van der Waals surface area contributed by atoms with Crippen molar-refractivity contribution in [2.24, 2.45) is 0 Å². The Morgan fingerprint density at radius 2 is 2.22 bits per heavy atom. The average Bonchev–Trinajstić information content (AvgIpc) is 2.81. The molecular weight excluding hydrogens is 425 g/mol. The van der Waals surface area contributed by atoms with Crippen LogP contribution in [0.3, 0.4) is 0 Å². The minimum absolute atomic E-state index is 0.986. The fourth-order valence-corrected chi connectivity index (χ4v) is 3.51. The maximum absolute atomic E-state index is 4.28. The van der Waals surface area contributed by atoms with Crippen molar-refractivity contribution in [3.8, 4) is 10.6 Å². The molecule has 0 amide bonds. The summed E-state index contributed by atoms with van der Waals surface area (Å²) in [6.07, 6.45) is 2.08. The van der Waals surface area contributed by atoms with E-state index in [1.165, 1.54) is 3.57 Å². The van der Waals surface area contributed by atoms with Crippen LogP contribution in [0.1, 0.15) is 11.4 Å². The third kappa shape index (κ3) is 3.72. The van der Waals surface area contributed by atoms with Gasteiger partial charge in [0.05, 0.1) is 0 Å². The van der Waals surface area contributed by atoms with Crippen LogP contribution in [0.15, 0.2) is 22.7 Å². The minimum Gasteiger partial charge on any atom is -0.320 e. The fraction of sp³-hybridized carbons (Fsp3) is 0.333. The largest absolute Gasteiger partial charge is 0.320 e. The van der Waals surface area contributed by atoms with Gasteiger partial charge in [0.2, 0.25) is 0 Å². The van der Waals surface area contributed by atoms with Gasteiger partial charge in [0, 0.05) is 20.0 Å². The molecule has 0 atom stereocenters. The summed E-state index contributed by atoms with van der Waals surface area (Å²) < 4.78 is 2.28. The molecule has 0 saturated heterocycles. The molecule has 18 heavy (non-hydrogen) atoms. The topological polar surface area (TPSA) is 37.8 Å². The Bertz CT molecular complexity index is 530. The van der Waals surface area contributed by atoms with Crippen LogP contribution in [0.2, 0.25) is 0 Å². The molecule has 0 aliphatic carbocycles. The van der Waals surface area contributed by atoms with E-state index in [0.717, 1.165) is 39.4 Å². The molecule has 2 rings (SSSR count). The van der Waals surface area contributed by atoms with Crippen molar-refractivity contribution in [3.05, 3.63) is 31.2 Å². The lowest BCUT2D eigenvalue weighted by molar-refractivity contribution is 0.718. The van der Waals surface area contributed by atoms with Gasteiger partial charge in [-0.15, -0.1) is 10.2 Å². The van der Waals surface area contributed by atoms with E-state index >= 15 is 0 Å². The number of benzene rings is 1. The molecular formula is C12H13BrIN3S. The molecule has 1 aromatic heterocycles. The summed E-state index contributed by atoms with van der Waals surface area (Å²) in [5.74, 6) is 0. The number of hydrogen-bond acceptors (Lipinski definition) is 4. The maximum atomic E-state index is 4.28. The zero-order valence-electron chi connectivity index (χ0n) is 9.91. The molecule has 1 N–H and O–H groups in total. The van der Waals surface area contributed by atoms with Gasteiger partial charge in [-0.3, -0.25) is 0 Å². The molecule has 0 unspecified atom stereocenters. The standard InChI is InChI=1S/C12H13BrIN3S/c1-15-6-2-3-11-16-17-12(18-11)9-7-8(14)4-5-10(9)13/h4-5,7,15H,2-3,6H2,1H3. The Morgan fingerprint density at radius 1 is 1.39 bits per heavy atom. The molecule has 0 radical (unpaired) electrons. The predicted octanol–water partition coefficient (Wildman–Crippen LogP) is 3.72. The van der Waals surface area contributed by atoms with E-state index in [4.69, 9.17) is 0 Å². The van der Waals surface area contributed by atoms with Crippen LogP contribution in [-0.4, -0.2) is 23.8 Å². The van der Waals surface area contributed by atoms with Gasteiger partial charge in [-0.25, -0.2) is 0 Å². The van der Waals surface area contributed by atoms with E-state index in [9.17, 15) is 0 Å². The first-order valence-corrected chi connectivity index (χ1v) is 8.32. The van der Waals surface area contributed by atoms with E-state index in [1.54, 1.807) is 11.3 Å². The van der Waals surface area contributed by atoms with Crippen molar-refractivity contribution in [2.45, 2.75) is 12.8 Å². The SMILES string of the molecule is CNCCCc1nnc(-c2cc(I)ccc2Br)s1. The molecule has 0 fully saturated rings. The number of aromatic nitrogens is 2. The minimum atomic E-state index is 0.986. The summed E-state index contributed by atoms with van der Waals surface area (Å²) in [5, 5.41) is 13.8. The normalized spacial score (nSPS) is 10.8. The lowest BCUT2D eigenvalue weighted by atomic mass is 10.2. The number of aryl methyl sites for hydroxylation is 1. The van der Waals surface area contributed by atoms with Crippen molar-refractivity contribution in [1.29, 1.82) is 0 Å². The molecule has 2 aromatic rings. The summed E-state index contributed by atoms with van der Waals surface area (Å²) in [7, 11) is 1.97. The van der Waals surface area contributed by atoms with E-state index in [-0.39, 0.29) is 0 Å². The summed E-state index contributed by atoms with van der Waals surface area (Å²) in [4.78, 5) is 0. The molecule has 1 heterocycles. The van der Waals surface area contributed by atoms with Gasteiger partial charge in [-0.1, -0.05) is 27.3 Å². The van der Waals surface area contributed by atoms with Crippen molar-refractivity contribution in [3.63, 3.8) is 0 Å². The molecule has 3 nitrogen and oxygen atoms in total. The molecule has 1 aromatic carbocycles. The van der Waals surface area contributed by atoms with E-state index < -0.39 is 0 Å². The zero-order chi connectivity index (χ0) is 13.0. The highest BCUT2D eigenvalue weighted by atomic mass is 127. The predicted molar refractivity (Wildman–Crippen MR) is 88.0 cm³/mol. The van der Waals surface area contributed by atoms with Crippen LogP contribution in [-0.2, 0) is 6.42 Å². The molecule has 0 bridgehead atoms. The van der Waals surface area contributed by atoms with Crippen LogP contribution in [0.4, 0.5) is 0 Å². The van der Waals surface area contributed by atoms with Crippen molar-refractivity contribution >= 4 is 49.9 Å². The fourth-order valence-electron chi connectivity index (χ4n) is 1.54. The van der Waals surface area contributed by atoms with E-state index in [2.05, 4.69) is 72.2 Å². The Labute approximate surface area is 133 Å².